The molecule has 18 heavy (non-hydrogen) atoms. The van der Waals surface area contributed by atoms with Crippen LogP contribution < -0.4 is 5.32 Å². The molecule has 0 bridgehead atoms. The topological polar surface area (TPSA) is 32.3 Å². The van der Waals surface area contributed by atoms with E-state index in [1.807, 2.05) is 0 Å². The van der Waals surface area contributed by atoms with E-state index in [0.29, 0.717) is 28.2 Å². The lowest BCUT2D eigenvalue weighted by molar-refractivity contribution is 0.0784. The Morgan fingerprint density at radius 2 is 2.28 bits per heavy atom. The first-order valence-corrected chi connectivity index (χ1v) is 6.77. The van der Waals surface area contributed by atoms with Gasteiger partial charge < -0.3 is 10.2 Å². The lowest BCUT2D eigenvalue weighted by Gasteiger charge is -2.22. The molecule has 1 N–H and O–H groups in total. The Morgan fingerprint density at radius 1 is 1.50 bits per heavy atom. The second-order valence-electron chi connectivity index (χ2n) is 4.60. The highest BCUT2D eigenvalue weighted by molar-refractivity contribution is 6.35. The predicted molar refractivity (Wildman–Crippen MR) is 74.4 cm³/mol. The van der Waals surface area contributed by atoms with Crippen LogP contribution in [0, 0.1) is 0 Å². The molecule has 0 spiro atoms. The van der Waals surface area contributed by atoms with E-state index < -0.39 is 0 Å². The fourth-order valence-electron chi connectivity index (χ4n) is 2.19. The maximum Gasteiger partial charge on any atom is 0.255 e. The second-order valence-corrected chi connectivity index (χ2v) is 5.45. The molecular weight excluding hydrogens is 271 g/mol. The van der Waals surface area contributed by atoms with Crippen LogP contribution in [0.2, 0.25) is 10.0 Å². The summed E-state index contributed by atoms with van der Waals surface area (Å²) in [4.78, 5) is 14.0. The molecule has 1 saturated heterocycles. The molecule has 5 heteroatoms. The van der Waals surface area contributed by atoms with Crippen molar-refractivity contribution in [2.45, 2.75) is 18.9 Å². The van der Waals surface area contributed by atoms with Gasteiger partial charge in [0, 0.05) is 24.7 Å². The standard InChI is InChI=1S/C13H16Cl2N2O/c1-17(8-10-3-2-6-16-10)13(18)11-7-9(14)4-5-12(11)15/h4-5,7,10,16H,2-3,6,8H2,1H3. The molecule has 1 fully saturated rings. The van der Waals surface area contributed by atoms with Gasteiger partial charge in [-0.25, -0.2) is 0 Å². The van der Waals surface area contributed by atoms with Crippen LogP contribution in [0.15, 0.2) is 18.2 Å². The van der Waals surface area contributed by atoms with Crippen molar-refractivity contribution >= 4 is 29.1 Å². The molecule has 1 atom stereocenters. The number of hydrogen-bond acceptors (Lipinski definition) is 2. The third-order valence-electron chi connectivity index (χ3n) is 3.16. The molecule has 1 aromatic carbocycles. The van der Waals surface area contributed by atoms with Crippen LogP contribution in [-0.2, 0) is 0 Å². The number of hydrogen-bond donors (Lipinski definition) is 1. The van der Waals surface area contributed by atoms with E-state index in [2.05, 4.69) is 5.32 Å². The molecule has 1 heterocycles. The highest BCUT2D eigenvalue weighted by Gasteiger charge is 2.21. The van der Waals surface area contributed by atoms with E-state index in [9.17, 15) is 4.79 Å². The first-order valence-electron chi connectivity index (χ1n) is 6.02. The van der Waals surface area contributed by atoms with Gasteiger partial charge >= 0.3 is 0 Å². The minimum atomic E-state index is -0.0869. The maximum absolute atomic E-state index is 12.3. The normalized spacial score (nSPS) is 18.9. The molecule has 0 aliphatic carbocycles. The molecule has 1 aromatic rings. The van der Waals surface area contributed by atoms with Crippen molar-refractivity contribution in [2.75, 3.05) is 20.1 Å². The summed E-state index contributed by atoms with van der Waals surface area (Å²) in [5, 5.41) is 4.33. The summed E-state index contributed by atoms with van der Waals surface area (Å²) in [7, 11) is 1.79. The van der Waals surface area contributed by atoms with Gasteiger partial charge in [0.1, 0.15) is 0 Å². The molecule has 0 aromatic heterocycles. The van der Waals surface area contributed by atoms with Crippen LogP contribution in [0.5, 0.6) is 0 Å². The Bertz CT molecular complexity index is 445. The molecular formula is C13H16Cl2N2O. The first kappa shape index (κ1) is 13.7. The van der Waals surface area contributed by atoms with E-state index >= 15 is 0 Å². The van der Waals surface area contributed by atoms with Gasteiger partial charge in [0.2, 0.25) is 0 Å². The predicted octanol–water partition coefficient (Wildman–Crippen LogP) is 2.82. The van der Waals surface area contributed by atoms with Crippen LogP contribution in [0.25, 0.3) is 0 Å². The fourth-order valence-corrected chi connectivity index (χ4v) is 2.56. The highest BCUT2D eigenvalue weighted by Crippen LogP contribution is 2.22. The fraction of sp³-hybridized carbons (Fsp3) is 0.462. The molecule has 0 saturated carbocycles. The minimum Gasteiger partial charge on any atom is -0.340 e. The van der Waals surface area contributed by atoms with Gasteiger partial charge in [-0.05, 0) is 37.6 Å². The van der Waals surface area contributed by atoms with Gasteiger partial charge in [-0.1, -0.05) is 23.2 Å². The average molecular weight is 287 g/mol. The summed E-state index contributed by atoms with van der Waals surface area (Å²) < 4.78 is 0. The largest absolute Gasteiger partial charge is 0.340 e. The van der Waals surface area contributed by atoms with E-state index in [1.54, 1.807) is 30.1 Å². The number of nitrogens with zero attached hydrogens (tertiary/aromatic N) is 1. The van der Waals surface area contributed by atoms with Gasteiger partial charge in [0.15, 0.2) is 0 Å². The number of rotatable bonds is 3. The third-order valence-corrected chi connectivity index (χ3v) is 3.73. The smallest absolute Gasteiger partial charge is 0.255 e. The maximum atomic E-state index is 12.3. The number of halogens is 2. The molecule has 3 nitrogen and oxygen atoms in total. The molecule has 0 radical (unpaired) electrons. The molecule has 1 aliphatic rings. The lowest BCUT2D eigenvalue weighted by atomic mass is 10.1. The van der Waals surface area contributed by atoms with E-state index in [4.69, 9.17) is 23.2 Å². The van der Waals surface area contributed by atoms with Gasteiger partial charge in [0.05, 0.1) is 10.6 Å². The van der Waals surface area contributed by atoms with Crippen molar-refractivity contribution in [2.24, 2.45) is 0 Å². The number of nitrogens with one attached hydrogen (secondary N) is 1. The lowest BCUT2D eigenvalue weighted by Crippen LogP contribution is -2.38. The zero-order valence-corrected chi connectivity index (χ0v) is 11.8. The van der Waals surface area contributed by atoms with E-state index in [0.717, 1.165) is 13.0 Å². The summed E-state index contributed by atoms with van der Waals surface area (Å²) in [5.41, 5.74) is 0.463. The van der Waals surface area contributed by atoms with Gasteiger partial charge in [0.25, 0.3) is 5.91 Å². The Labute approximate surface area is 117 Å². The summed E-state index contributed by atoms with van der Waals surface area (Å²) in [5.74, 6) is -0.0869. The molecule has 2 rings (SSSR count). The Kier molecular flexibility index (Phi) is 4.49. The quantitative estimate of drug-likeness (QED) is 0.927. The SMILES string of the molecule is CN(CC1CCCN1)C(=O)c1cc(Cl)ccc1Cl. The first-order chi connectivity index (χ1) is 8.58. The highest BCUT2D eigenvalue weighted by atomic mass is 35.5. The average Bonchev–Trinajstić information content (AvgIpc) is 2.84. The van der Waals surface area contributed by atoms with Crippen molar-refractivity contribution < 1.29 is 4.79 Å². The van der Waals surface area contributed by atoms with Crippen molar-refractivity contribution in [3.8, 4) is 0 Å². The van der Waals surface area contributed by atoms with Gasteiger partial charge in [-0.15, -0.1) is 0 Å². The Morgan fingerprint density at radius 3 is 2.94 bits per heavy atom. The zero-order chi connectivity index (χ0) is 13.1. The summed E-state index contributed by atoms with van der Waals surface area (Å²) in [6.45, 7) is 1.73. The van der Waals surface area contributed by atoms with Crippen LogP contribution in [0.1, 0.15) is 23.2 Å². The molecule has 1 amide bonds. The van der Waals surface area contributed by atoms with Crippen LogP contribution in [0.3, 0.4) is 0 Å². The molecule has 1 unspecified atom stereocenters. The van der Waals surface area contributed by atoms with Crippen molar-refractivity contribution in [1.82, 2.24) is 10.2 Å². The summed E-state index contributed by atoms with van der Waals surface area (Å²) in [6.07, 6.45) is 2.28. The Balaban J connectivity index is 2.07. The number of carbonyl (C=O) groups is 1. The van der Waals surface area contributed by atoms with Crippen molar-refractivity contribution in [3.63, 3.8) is 0 Å². The van der Waals surface area contributed by atoms with Crippen molar-refractivity contribution in [1.29, 1.82) is 0 Å². The van der Waals surface area contributed by atoms with Crippen molar-refractivity contribution in [3.05, 3.63) is 33.8 Å². The zero-order valence-electron chi connectivity index (χ0n) is 10.2. The number of carbonyl (C=O) groups excluding carboxylic acids is 1. The number of benzene rings is 1. The van der Waals surface area contributed by atoms with Crippen LogP contribution >= 0.6 is 23.2 Å². The second kappa shape index (κ2) is 5.91. The van der Waals surface area contributed by atoms with E-state index in [1.165, 1.54) is 6.42 Å². The number of amides is 1. The van der Waals surface area contributed by atoms with Gasteiger partial charge in [-0.2, -0.15) is 0 Å². The van der Waals surface area contributed by atoms with Crippen LogP contribution in [0.4, 0.5) is 0 Å². The number of likely N-dealkylation sites (N-methyl/N-ethyl adjacent to an activating group) is 1. The van der Waals surface area contributed by atoms with Gasteiger partial charge in [-0.3, -0.25) is 4.79 Å². The van der Waals surface area contributed by atoms with Crippen LogP contribution in [-0.4, -0.2) is 37.0 Å². The summed E-state index contributed by atoms with van der Waals surface area (Å²) in [6, 6.07) is 5.33. The molecule has 98 valence electrons. The molecule has 1 aliphatic heterocycles. The minimum absolute atomic E-state index is 0.0869. The van der Waals surface area contributed by atoms with E-state index in [-0.39, 0.29) is 5.91 Å². The Hall–Kier alpha value is -0.770. The summed E-state index contributed by atoms with van der Waals surface area (Å²) >= 11 is 11.9. The third kappa shape index (κ3) is 3.16. The monoisotopic (exact) mass is 286 g/mol.